The second-order valence-electron chi connectivity index (χ2n) is 6.89. The summed E-state index contributed by atoms with van der Waals surface area (Å²) in [6.45, 7) is 3.34. The van der Waals surface area contributed by atoms with Crippen molar-refractivity contribution >= 4 is 11.8 Å². The molecule has 0 saturated heterocycles. The maximum Gasteiger partial charge on any atom is 0.272 e. The van der Waals surface area contributed by atoms with Gasteiger partial charge in [0.05, 0.1) is 0 Å². The number of likely N-dealkylation sites (N-methyl/N-ethyl adjacent to an activating group) is 1. The van der Waals surface area contributed by atoms with E-state index in [1.165, 1.54) is 0 Å². The van der Waals surface area contributed by atoms with E-state index in [4.69, 9.17) is 0 Å². The number of fused-ring (bicyclic) bond motifs is 1. The van der Waals surface area contributed by atoms with Gasteiger partial charge >= 0.3 is 0 Å². The molecular weight excluding hydrogens is 344 g/mol. The van der Waals surface area contributed by atoms with Crippen LogP contribution in [0.15, 0.2) is 24.3 Å². The fourth-order valence-electron chi connectivity index (χ4n) is 2.95. The molecule has 0 bridgehead atoms. The van der Waals surface area contributed by atoms with Gasteiger partial charge in [-0.1, -0.05) is 12.1 Å². The molecule has 1 aliphatic heterocycles. The first-order chi connectivity index (χ1) is 13.0. The minimum absolute atomic E-state index is 0.0944. The van der Waals surface area contributed by atoms with Crippen molar-refractivity contribution in [2.75, 3.05) is 33.7 Å². The lowest BCUT2D eigenvalue weighted by atomic mass is 10.1. The highest BCUT2D eigenvalue weighted by molar-refractivity contribution is 5.94. The molecule has 144 valence electrons. The third kappa shape index (κ3) is 4.93. The third-order valence-electron chi connectivity index (χ3n) is 4.54. The third-order valence-corrected chi connectivity index (χ3v) is 4.54. The molecule has 0 radical (unpaired) electrons. The molecule has 4 N–H and O–H groups in total. The summed E-state index contributed by atoms with van der Waals surface area (Å²) in [5, 5.41) is 16.1. The number of hydrogen-bond acceptors (Lipinski definition) is 5. The average molecular weight is 370 g/mol. The van der Waals surface area contributed by atoms with Crippen molar-refractivity contribution in [3.8, 4) is 0 Å². The van der Waals surface area contributed by atoms with Crippen molar-refractivity contribution in [2.45, 2.75) is 19.5 Å². The van der Waals surface area contributed by atoms with Gasteiger partial charge in [-0.25, -0.2) is 0 Å². The predicted molar refractivity (Wildman–Crippen MR) is 102 cm³/mol. The lowest BCUT2D eigenvalue weighted by Crippen LogP contribution is -2.31. The Labute approximate surface area is 158 Å². The molecule has 3 rings (SSSR count). The number of carbonyl (C=O) groups is 2. The van der Waals surface area contributed by atoms with Crippen LogP contribution in [0.3, 0.4) is 0 Å². The number of hydrogen-bond donors (Lipinski definition) is 4. The van der Waals surface area contributed by atoms with Crippen molar-refractivity contribution in [1.29, 1.82) is 0 Å². The van der Waals surface area contributed by atoms with Gasteiger partial charge in [0.1, 0.15) is 0 Å². The highest BCUT2D eigenvalue weighted by atomic mass is 16.2. The van der Waals surface area contributed by atoms with Crippen LogP contribution in [-0.4, -0.2) is 60.6 Å². The molecule has 1 aromatic heterocycles. The van der Waals surface area contributed by atoms with Gasteiger partial charge in [0.25, 0.3) is 11.8 Å². The number of rotatable bonds is 7. The average Bonchev–Trinajstić information content (AvgIpc) is 3.10. The Kier molecular flexibility index (Phi) is 6.20. The second kappa shape index (κ2) is 8.79. The summed E-state index contributed by atoms with van der Waals surface area (Å²) >= 11 is 0. The Morgan fingerprint density at radius 1 is 1.15 bits per heavy atom. The maximum atomic E-state index is 12.4. The number of aromatic nitrogens is 2. The topological polar surface area (TPSA) is 102 Å². The molecule has 8 heteroatoms. The van der Waals surface area contributed by atoms with Crippen molar-refractivity contribution in [3.05, 3.63) is 52.3 Å². The minimum atomic E-state index is -0.193. The number of H-pyrrole nitrogens is 1. The molecule has 27 heavy (non-hydrogen) atoms. The van der Waals surface area contributed by atoms with Crippen LogP contribution in [0.5, 0.6) is 0 Å². The highest BCUT2D eigenvalue weighted by Crippen LogP contribution is 2.15. The Balaban J connectivity index is 1.52. The molecule has 0 aliphatic carbocycles. The van der Waals surface area contributed by atoms with E-state index in [1.54, 1.807) is 12.1 Å². The lowest BCUT2D eigenvalue weighted by molar-refractivity contribution is 0.0938. The van der Waals surface area contributed by atoms with Crippen LogP contribution in [0, 0.1) is 0 Å². The van der Waals surface area contributed by atoms with Crippen LogP contribution in [0.25, 0.3) is 0 Å². The SMILES string of the molecule is CN(C)CCNC(=O)c1ccc(CNC(=O)c2n[nH]c3c2CNCC3)cc1. The van der Waals surface area contributed by atoms with Crippen LogP contribution >= 0.6 is 0 Å². The van der Waals surface area contributed by atoms with Crippen LogP contribution in [0.4, 0.5) is 0 Å². The fourth-order valence-corrected chi connectivity index (χ4v) is 2.95. The van der Waals surface area contributed by atoms with Gasteiger partial charge in [0.15, 0.2) is 5.69 Å². The van der Waals surface area contributed by atoms with E-state index < -0.39 is 0 Å². The molecular formula is C19H26N6O2. The van der Waals surface area contributed by atoms with E-state index in [0.717, 1.165) is 36.3 Å². The maximum absolute atomic E-state index is 12.4. The fraction of sp³-hybridized carbons (Fsp3) is 0.421. The van der Waals surface area contributed by atoms with Crippen molar-refractivity contribution in [3.63, 3.8) is 0 Å². The number of amides is 2. The molecule has 2 heterocycles. The van der Waals surface area contributed by atoms with Gasteiger partial charge in [0, 0.05) is 56.0 Å². The standard InChI is InChI=1S/C19H26N6O2/c1-25(2)10-9-21-18(26)14-5-3-13(4-6-14)11-22-19(27)17-15-12-20-8-7-16(15)23-24-17/h3-6,20H,7-12H2,1-2H3,(H,21,26)(H,22,27)(H,23,24). The van der Waals surface area contributed by atoms with Gasteiger partial charge in [-0.3, -0.25) is 14.7 Å². The molecule has 2 aromatic rings. The highest BCUT2D eigenvalue weighted by Gasteiger charge is 2.21. The first-order valence-corrected chi connectivity index (χ1v) is 9.11. The summed E-state index contributed by atoms with van der Waals surface area (Å²) in [5.74, 6) is -0.287. The molecule has 0 unspecified atom stereocenters. The Hall–Kier alpha value is -2.71. The van der Waals surface area contributed by atoms with Gasteiger partial charge in [-0.05, 0) is 31.8 Å². The Bertz CT molecular complexity index is 797. The molecule has 0 fully saturated rings. The number of nitrogens with one attached hydrogen (secondary N) is 4. The van der Waals surface area contributed by atoms with Gasteiger partial charge in [0.2, 0.25) is 0 Å². The zero-order chi connectivity index (χ0) is 19.2. The van der Waals surface area contributed by atoms with E-state index in [2.05, 4.69) is 26.1 Å². The van der Waals surface area contributed by atoms with Crippen molar-refractivity contribution in [2.24, 2.45) is 0 Å². The number of benzene rings is 1. The summed E-state index contributed by atoms with van der Waals surface area (Å²) < 4.78 is 0. The van der Waals surface area contributed by atoms with E-state index in [-0.39, 0.29) is 11.8 Å². The zero-order valence-corrected chi connectivity index (χ0v) is 15.8. The molecule has 8 nitrogen and oxygen atoms in total. The summed E-state index contributed by atoms with van der Waals surface area (Å²) in [5.41, 5.74) is 3.97. The predicted octanol–water partition coefficient (Wildman–Crippen LogP) is 0.277. The Morgan fingerprint density at radius 2 is 1.93 bits per heavy atom. The first-order valence-electron chi connectivity index (χ1n) is 9.11. The molecule has 2 amide bonds. The summed E-state index contributed by atoms with van der Waals surface area (Å²) in [6, 6.07) is 7.24. The summed E-state index contributed by atoms with van der Waals surface area (Å²) in [6.07, 6.45) is 0.855. The quantitative estimate of drug-likeness (QED) is 0.561. The van der Waals surface area contributed by atoms with E-state index in [1.807, 2.05) is 31.1 Å². The largest absolute Gasteiger partial charge is 0.351 e. The van der Waals surface area contributed by atoms with Gasteiger partial charge in [-0.15, -0.1) is 0 Å². The van der Waals surface area contributed by atoms with E-state index >= 15 is 0 Å². The van der Waals surface area contributed by atoms with Gasteiger partial charge in [-0.2, -0.15) is 5.10 Å². The smallest absolute Gasteiger partial charge is 0.272 e. The molecule has 0 atom stereocenters. The summed E-state index contributed by atoms with van der Waals surface area (Å²) in [7, 11) is 3.93. The van der Waals surface area contributed by atoms with Crippen molar-refractivity contribution < 1.29 is 9.59 Å². The monoisotopic (exact) mass is 370 g/mol. The molecule has 0 saturated carbocycles. The first kappa shape index (κ1) is 19.1. The van der Waals surface area contributed by atoms with E-state index in [9.17, 15) is 9.59 Å². The minimum Gasteiger partial charge on any atom is -0.351 e. The number of carbonyl (C=O) groups excluding carboxylic acids is 2. The normalized spacial score (nSPS) is 13.3. The second-order valence-corrected chi connectivity index (χ2v) is 6.89. The van der Waals surface area contributed by atoms with Crippen LogP contribution in [-0.2, 0) is 19.5 Å². The zero-order valence-electron chi connectivity index (χ0n) is 15.8. The molecule has 1 aromatic carbocycles. The molecule has 1 aliphatic rings. The van der Waals surface area contributed by atoms with Crippen LogP contribution < -0.4 is 16.0 Å². The van der Waals surface area contributed by atoms with Crippen LogP contribution in [0.1, 0.15) is 37.7 Å². The molecule has 0 spiro atoms. The number of aromatic amines is 1. The van der Waals surface area contributed by atoms with E-state index in [0.29, 0.717) is 30.9 Å². The number of nitrogens with zero attached hydrogens (tertiary/aromatic N) is 2. The lowest BCUT2D eigenvalue weighted by Gasteiger charge is -2.13. The van der Waals surface area contributed by atoms with Crippen molar-refractivity contribution in [1.82, 2.24) is 31.0 Å². The Morgan fingerprint density at radius 3 is 2.67 bits per heavy atom. The summed E-state index contributed by atoms with van der Waals surface area (Å²) in [4.78, 5) is 26.5. The van der Waals surface area contributed by atoms with Crippen LogP contribution in [0.2, 0.25) is 0 Å². The van der Waals surface area contributed by atoms with Gasteiger partial charge < -0.3 is 20.9 Å².